The van der Waals surface area contributed by atoms with Crippen LogP contribution in [0.5, 0.6) is 0 Å². The number of nitrogens with two attached hydrogens (primary N) is 1. The Kier molecular flexibility index (Phi) is 4.20. The Morgan fingerprint density at radius 3 is 2.58 bits per heavy atom. The van der Waals surface area contributed by atoms with Gasteiger partial charge in [-0.05, 0) is 24.3 Å². The number of aryl methyl sites for hydroxylation is 1. The zero-order valence-corrected chi connectivity index (χ0v) is 14.1. The summed E-state index contributed by atoms with van der Waals surface area (Å²) in [6, 6.07) is 5.82. The predicted molar refractivity (Wildman–Crippen MR) is 86.7 cm³/mol. The smallest absolute Gasteiger partial charge is 0.244 e. The molecular weight excluding hydrogens is 330 g/mol. The molecule has 0 saturated heterocycles. The van der Waals surface area contributed by atoms with Crippen LogP contribution < -0.4 is 5.73 Å². The van der Waals surface area contributed by atoms with Crippen molar-refractivity contribution < 1.29 is 12.9 Å². The van der Waals surface area contributed by atoms with Gasteiger partial charge in [-0.15, -0.1) is 0 Å². The van der Waals surface area contributed by atoms with E-state index in [-0.39, 0.29) is 4.90 Å². The van der Waals surface area contributed by atoms with Crippen molar-refractivity contribution in [1.82, 2.24) is 19.7 Å². The van der Waals surface area contributed by atoms with E-state index < -0.39 is 15.9 Å². The van der Waals surface area contributed by atoms with E-state index in [0.717, 1.165) is 12.1 Å². The Morgan fingerprint density at radius 1 is 1.29 bits per heavy atom. The first kappa shape index (κ1) is 16.3. The van der Waals surface area contributed by atoms with Gasteiger partial charge in [-0.1, -0.05) is 5.16 Å². The minimum Gasteiger partial charge on any atom is -0.338 e. The van der Waals surface area contributed by atoms with Crippen molar-refractivity contribution in [2.45, 2.75) is 17.4 Å². The van der Waals surface area contributed by atoms with Gasteiger partial charge in [0.25, 0.3) is 0 Å². The maximum Gasteiger partial charge on any atom is 0.244 e. The lowest BCUT2D eigenvalue weighted by molar-refractivity contribution is 0.352. The lowest BCUT2D eigenvalue weighted by Crippen LogP contribution is -2.16. The summed E-state index contributed by atoms with van der Waals surface area (Å²) in [6.45, 7) is 0. The second-order valence-corrected chi connectivity index (χ2v) is 7.53. The van der Waals surface area contributed by atoms with Crippen molar-refractivity contribution in [2.75, 3.05) is 6.26 Å². The van der Waals surface area contributed by atoms with Gasteiger partial charge in [-0.3, -0.25) is 0 Å². The van der Waals surface area contributed by atoms with Crippen LogP contribution in [0.15, 0.2) is 46.1 Å². The second-order valence-electron chi connectivity index (χ2n) is 5.52. The fourth-order valence-electron chi connectivity index (χ4n) is 2.23. The van der Waals surface area contributed by atoms with Crippen LogP contribution in [-0.4, -0.2) is 34.4 Å². The molecule has 126 valence electrons. The maximum atomic E-state index is 11.5. The van der Waals surface area contributed by atoms with Crippen LogP contribution in [0, 0.1) is 0 Å². The van der Waals surface area contributed by atoms with Crippen LogP contribution in [0.1, 0.15) is 17.8 Å². The quantitative estimate of drug-likeness (QED) is 0.735. The average molecular weight is 347 g/mol. The molecule has 0 aliphatic carbocycles. The number of hydrogen-bond donors (Lipinski definition) is 1. The number of aromatic nitrogens is 4. The summed E-state index contributed by atoms with van der Waals surface area (Å²) in [5.41, 5.74) is 6.75. The van der Waals surface area contributed by atoms with Crippen molar-refractivity contribution in [3.63, 3.8) is 0 Å². The average Bonchev–Trinajstić information content (AvgIpc) is 3.16. The van der Waals surface area contributed by atoms with Gasteiger partial charge >= 0.3 is 0 Å². The molecule has 1 aromatic carbocycles. The summed E-state index contributed by atoms with van der Waals surface area (Å²) < 4.78 is 30.1. The molecule has 2 N–H and O–H groups in total. The van der Waals surface area contributed by atoms with E-state index in [2.05, 4.69) is 15.1 Å². The molecule has 0 amide bonds. The van der Waals surface area contributed by atoms with Crippen molar-refractivity contribution in [1.29, 1.82) is 0 Å². The summed E-state index contributed by atoms with van der Waals surface area (Å²) in [4.78, 5) is 8.75. The van der Waals surface area contributed by atoms with Gasteiger partial charge < -0.3 is 14.8 Å². The van der Waals surface area contributed by atoms with E-state index in [1.165, 1.54) is 12.1 Å². The molecule has 1 atom stereocenters. The molecule has 24 heavy (non-hydrogen) atoms. The number of imidazole rings is 1. The molecule has 0 saturated carbocycles. The van der Waals surface area contributed by atoms with Crippen molar-refractivity contribution in [3.05, 3.63) is 48.4 Å². The van der Waals surface area contributed by atoms with Gasteiger partial charge in [0, 0.05) is 37.7 Å². The van der Waals surface area contributed by atoms with Crippen LogP contribution in [-0.2, 0) is 23.3 Å². The van der Waals surface area contributed by atoms with E-state index in [9.17, 15) is 8.42 Å². The van der Waals surface area contributed by atoms with E-state index in [1.807, 2.05) is 17.8 Å². The zero-order chi connectivity index (χ0) is 17.3. The lowest BCUT2D eigenvalue weighted by atomic mass is 10.2. The Bertz CT molecular complexity index is 944. The van der Waals surface area contributed by atoms with E-state index in [4.69, 9.17) is 10.3 Å². The van der Waals surface area contributed by atoms with Crippen LogP contribution >= 0.6 is 0 Å². The van der Waals surface area contributed by atoms with Gasteiger partial charge in [-0.2, -0.15) is 4.98 Å². The molecule has 8 nitrogen and oxygen atoms in total. The number of benzene rings is 1. The van der Waals surface area contributed by atoms with Gasteiger partial charge in [0.05, 0.1) is 10.9 Å². The number of hydrogen-bond acceptors (Lipinski definition) is 7. The van der Waals surface area contributed by atoms with Gasteiger partial charge in [0.2, 0.25) is 11.7 Å². The third-order valence-electron chi connectivity index (χ3n) is 3.62. The zero-order valence-electron chi connectivity index (χ0n) is 13.2. The third-order valence-corrected chi connectivity index (χ3v) is 4.75. The van der Waals surface area contributed by atoms with Crippen LogP contribution in [0.2, 0.25) is 0 Å². The Morgan fingerprint density at radius 2 is 2.00 bits per heavy atom. The molecule has 3 rings (SSSR count). The van der Waals surface area contributed by atoms with Crippen molar-refractivity contribution in [2.24, 2.45) is 12.8 Å². The van der Waals surface area contributed by atoms with Crippen molar-refractivity contribution in [3.8, 4) is 11.4 Å². The molecule has 0 bridgehead atoms. The summed E-state index contributed by atoms with van der Waals surface area (Å²) >= 11 is 0. The molecule has 2 aromatic heterocycles. The van der Waals surface area contributed by atoms with Gasteiger partial charge in [-0.25, -0.2) is 13.4 Å². The molecule has 2 heterocycles. The SMILES string of the molecule is Cn1ccnc1CC(N)c1nc(-c2ccc(S(C)(=O)=O)cc2)no1. The van der Waals surface area contributed by atoms with Crippen LogP contribution in [0.25, 0.3) is 11.4 Å². The monoisotopic (exact) mass is 347 g/mol. The highest BCUT2D eigenvalue weighted by Crippen LogP contribution is 2.21. The fourth-order valence-corrected chi connectivity index (χ4v) is 2.86. The Balaban J connectivity index is 1.79. The normalized spacial score (nSPS) is 13.1. The molecule has 9 heteroatoms. The molecule has 0 fully saturated rings. The largest absolute Gasteiger partial charge is 0.338 e. The number of nitrogens with zero attached hydrogens (tertiary/aromatic N) is 4. The number of rotatable bonds is 5. The molecular formula is C15H17N5O3S. The third kappa shape index (κ3) is 3.36. The van der Waals surface area contributed by atoms with Crippen molar-refractivity contribution >= 4 is 9.84 Å². The highest BCUT2D eigenvalue weighted by molar-refractivity contribution is 7.90. The standard InChI is InChI=1S/C15H17N5O3S/c1-20-8-7-17-13(20)9-12(16)15-18-14(19-23-15)10-3-5-11(6-4-10)24(2,21)22/h3-8,12H,9,16H2,1-2H3. The Labute approximate surface area is 139 Å². The number of sulfone groups is 1. The highest BCUT2D eigenvalue weighted by atomic mass is 32.2. The first-order chi connectivity index (χ1) is 11.3. The summed E-state index contributed by atoms with van der Waals surface area (Å²) in [7, 11) is -1.35. The molecule has 1 unspecified atom stereocenters. The Hall–Kier alpha value is -2.52. The van der Waals surface area contributed by atoms with Crippen LogP contribution in [0.3, 0.4) is 0 Å². The maximum absolute atomic E-state index is 11.5. The van der Waals surface area contributed by atoms with Crippen LogP contribution in [0.4, 0.5) is 0 Å². The minimum absolute atomic E-state index is 0.237. The van der Waals surface area contributed by atoms with Gasteiger partial charge in [0.1, 0.15) is 5.82 Å². The molecule has 3 aromatic rings. The van der Waals surface area contributed by atoms with E-state index >= 15 is 0 Å². The first-order valence-electron chi connectivity index (χ1n) is 7.20. The van der Waals surface area contributed by atoms with E-state index in [0.29, 0.717) is 23.7 Å². The predicted octanol–water partition coefficient (Wildman–Crippen LogP) is 1.12. The summed E-state index contributed by atoms with van der Waals surface area (Å²) in [5, 5.41) is 3.91. The summed E-state index contributed by atoms with van der Waals surface area (Å²) in [5.74, 6) is 1.49. The minimum atomic E-state index is -3.24. The lowest BCUT2D eigenvalue weighted by Gasteiger charge is -2.06. The summed E-state index contributed by atoms with van der Waals surface area (Å²) in [6.07, 6.45) is 5.17. The molecule has 0 spiro atoms. The molecule has 0 radical (unpaired) electrons. The topological polar surface area (TPSA) is 117 Å². The van der Waals surface area contributed by atoms with E-state index in [1.54, 1.807) is 18.3 Å². The van der Waals surface area contributed by atoms with Gasteiger partial charge in [0.15, 0.2) is 9.84 Å². The molecule has 0 aliphatic heterocycles. The fraction of sp³-hybridized carbons (Fsp3) is 0.267. The molecule has 0 aliphatic rings. The second kappa shape index (κ2) is 6.17. The first-order valence-corrected chi connectivity index (χ1v) is 9.09. The highest BCUT2D eigenvalue weighted by Gasteiger charge is 2.18.